The molecule has 0 bridgehead atoms. The first kappa shape index (κ1) is 22.8. The van der Waals surface area contributed by atoms with Crippen LogP contribution >= 0.6 is 28.1 Å². The molecule has 1 aliphatic heterocycles. The number of nitrogens with zero attached hydrogens (tertiary/aromatic N) is 3. The van der Waals surface area contributed by atoms with Gasteiger partial charge in [0.15, 0.2) is 5.11 Å². The zero-order chi connectivity index (χ0) is 24.0. The zero-order valence-corrected chi connectivity index (χ0v) is 22.1. The van der Waals surface area contributed by atoms with Crippen molar-refractivity contribution < 1.29 is 0 Å². The van der Waals surface area contributed by atoms with Crippen molar-refractivity contribution in [2.75, 3.05) is 4.90 Å². The molecule has 1 saturated heterocycles. The van der Waals surface area contributed by atoms with Gasteiger partial charge in [-0.1, -0.05) is 28.1 Å². The summed E-state index contributed by atoms with van der Waals surface area (Å²) < 4.78 is 3.39. The third-order valence-electron chi connectivity index (χ3n) is 6.46. The first-order chi connectivity index (χ1) is 16.3. The molecule has 1 N–H and O–H groups in total. The second-order valence-corrected chi connectivity index (χ2v) is 10.3. The molecule has 0 aliphatic carbocycles. The lowest BCUT2D eigenvalue weighted by atomic mass is 9.96. The number of thiocarbonyl (C=S) groups is 1. The predicted molar refractivity (Wildman–Crippen MR) is 147 cm³/mol. The third-order valence-corrected chi connectivity index (χ3v) is 7.30. The molecule has 0 radical (unpaired) electrons. The van der Waals surface area contributed by atoms with Gasteiger partial charge in [-0.15, -0.1) is 0 Å². The van der Waals surface area contributed by atoms with Crippen molar-refractivity contribution in [1.82, 2.24) is 14.9 Å². The lowest BCUT2D eigenvalue weighted by Gasteiger charge is -2.29. The van der Waals surface area contributed by atoms with Crippen LogP contribution in [-0.2, 0) is 0 Å². The van der Waals surface area contributed by atoms with Crippen LogP contribution in [0.1, 0.15) is 45.9 Å². The van der Waals surface area contributed by atoms with Crippen molar-refractivity contribution in [2.45, 2.75) is 39.8 Å². The fourth-order valence-electron chi connectivity index (χ4n) is 5.11. The van der Waals surface area contributed by atoms with Crippen LogP contribution in [0.5, 0.6) is 0 Å². The Morgan fingerprint density at radius 3 is 2.24 bits per heavy atom. The number of aryl methyl sites for hydroxylation is 3. The van der Waals surface area contributed by atoms with Crippen LogP contribution in [0.15, 0.2) is 77.4 Å². The monoisotopic (exact) mass is 530 g/mol. The number of hydrogen-bond donors (Lipinski definition) is 1. The molecule has 0 amide bonds. The summed E-state index contributed by atoms with van der Waals surface area (Å²) in [6.45, 7) is 8.62. The first-order valence-electron chi connectivity index (χ1n) is 11.4. The molecule has 4 aromatic rings. The van der Waals surface area contributed by atoms with E-state index in [-0.39, 0.29) is 12.1 Å². The van der Waals surface area contributed by atoms with Gasteiger partial charge in [-0.2, -0.15) is 0 Å². The minimum atomic E-state index is -0.0617. The van der Waals surface area contributed by atoms with Gasteiger partial charge in [0.1, 0.15) is 0 Å². The van der Waals surface area contributed by atoms with E-state index >= 15 is 0 Å². The van der Waals surface area contributed by atoms with Gasteiger partial charge in [0, 0.05) is 33.4 Å². The van der Waals surface area contributed by atoms with Gasteiger partial charge in [-0.25, -0.2) is 0 Å². The molecule has 3 heterocycles. The molecule has 34 heavy (non-hydrogen) atoms. The molecule has 2 unspecified atom stereocenters. The number of aromatic nitrogens is 2. The smallest absolute Gasteiger partial charge is 0.174 e. The maximum absolute atomic E-state index is 5.93. The molecule has 4 nitrogen and oxygen atoms in total. The minimum Gasteiger partial charge on any atom is -0.351 e. The molecule has 2 aromatic heterocycles. The number of nitrogens with one attached hydrogen (secondary N) is 1. The van der Waals surface area contributed by atoms with Gasteiger partial charge < -0.3 is 14.8 Å². The summed E-state index contributed by atoms with van der Waals surface area (Å²) in [6.07, 6.45) is 1.85. The van der Waals surface area contributed by atoms with E-state index in [1.165, 1.54) is 28.1 Å². The Hall–Kier alpha value is -2.96. The second-order valence-electron chi connectivity index (χ2n) is 8.98. The van der Waals surface area contributed by atoms with E-state index in [1.807, 2.05) is 18.3 Å². The highest BCUT2D eigenvalue weighted by molar-refractivity contribution is 9.10. The number of halogens is 1. The van der Waals surface area contributed by atoms with Crippen molar-refractivity contribution in [3.05, 3.63) is 111 Å². The van der Waals surface area contributed by atoms with Crippen molar-refractivity contribution in [1.29, 1.82) is 0 Å². The summed E-state index contributed by atoms with van der Waals surface area (Å²) in [5.74, 6) is 0. The summed E-state index contributed by atoms with van der Waals surface area (Å²) in [5, 5.41) is 4.31. The van der Waals surface area contributed by atoms with Gasteiger partial charge in [-0.3, -0.25) is 4.98 Å². The Bertz CT molecular complexity index is 1340. The molecule has 2 atom stereocenters. The van der Waals surface area contributed by atoms with Crippen molar-refractivity contribution in [3.63, 3.8) is 0 Å². The molecule has 1 fully saturated rings. The van der Waals surface area contributed by atoms with E-state index in [0.29, 0.717) is 0 Å². The first-order valence-corrected chi connectivity index (χ1v) is 12.6. The Morgan fingerprint density at radius 1 is 0.882 bits per heavy atom. The van der Waals surface area contributed by atoms with E-state index in [9.17, 15) is 0 Å². The summed E-state index contributed by atoms with van der Waals surface area (Å²) in [5.41, 5.74) is 9.30. The maximum atomic E-state index is 5.93. The number of pyridine rings is 1. The molecule has 2 aromatic carbocycles. The molecule has 6 heteroatoms. The largest absolute Gasteiger partial charge is 0.351 e. The van der Waals surface area contributed by atoms with Crippen LogP contribution in [-0.4, -0.2) is 14.7 Å². The van der Waals surface area contributed by atoms with E-state index in [4.69, 9.17) is 17.2 Å². The van der Waals surface area contributed by atoms with Crippen LogP contribution in [0.3, 0.4) is 0 Å². The van der Waals surface area contributed by atoms with Crippen molar-refractivity contribution in [3.8, 4) is 5.69 Å². The van der Waals surface area contributed by atoms with Crippen LogP contribution in [0.25, 0.3) is 5.69 Å². The highest BCUT2D eigenvalue weighted by atomic mass is 79.9. The standard InChI is InChI=1S/C28H27BrN4S/c1-17-13-18(2)15-23(14-17)33-27(26(31-28(33)34)25-7-5-6-12-30-25)24-16-19(3)32(20(24)4)22-10-8-21(29)9-11-22/h5-16,26-27H,1-4H3,(H,31,34). The SMILES string of the molecule is Cc1cc(C)cc(N2C(=S)NC(c3ccccn3)C2c2cc(C)n(-c3ccc(Br)cc3)c2C)c1. The van der Waals surface area contributed by atoms with Gasteiger partial charge in [-0.05, 0) is 111 Å². The fraction of sp³-hybridized carbons (Fsp3) is 0.214. The summed E-state index contributed by atoms with van der Waals surface area (Å²) in [4.78, 5) is 6.97. The highest BCUT2D eigenvalue weighted by Crippen LogP contribution is 2.44. The Labute approximate surface area is 214 Å². The van der Waals surface area contributed by atoms with Crippen LogP contribution < -0.4 is 10.2 Å². The third kappa shape index (κ3) is 4.05. The van der Waals surface area contributed by atoms with Crippen LogP contribution in [0.4, 0.5) is 5.69 Å². The number of benzene rings is 2. The second kappa shape index (κ2) is 9.01. The van der Waals surface area contributed by atoms with E-state index in [2.05, 4.69) is 113 Å². The summed E-state index contributed by atoms with van der Waals surface area (Å²) in [6, 6.07) is 23.3. The molecule has 0 saturated carbocycles. The molecular formula is C28H27BrN4S. The van der Waals surface area contributed by atoms with Crippen LogP contribution in [0.2, 0.25) is 0 Å². The lowest BCUT2D eigenvalue weighted by Crippen LogP contribution is -2.29. The summed E-state index contributed by atoms with van der Waals surface area (Å²) >= 11 is 9.48. The van der Waals surface area contributed by atoms with Gasteiger partial charge >= 0.3 is 0 Å². The van der Waals surface area contributed by atoms with E-state index < -0.39 is 0 Å². The van der Waals surface area contributed by atoms with Crippen molar-refractivity contribution >= 4 is 38.9 Å². The molecule has 1 aliphatic rings. The number of hydrogen-bond acceptors (Lipinski definition) is 2. The Kier molecular flexibility index (Phi) is 6.04. The maximum Gasteiger partial charge on any atom is 0.174 e. The number of rotatable bonds is 4. The Balaban J connectivity index is 1.69. The topological polar surface area (TPSA) is 33.1 Å². The molecule has 5 rings (SSSR count). The highest BCUT2D eigenvalue weighted by Gasteiger charge is 2.42. The molecule has 172 valence electrons. The average molecular weight is 532 g/mol. The Morgan fingerprint density at radius 2 is 1.59 bits per heavy atom. The zero-order valence-electron chi connectivity index (χ0n) is 19.7. The number of anilines is 1. The average Bonchev–Trinajstić information content (AvgIpc) is 3.30. The van der Waals surface area contributed by atoms with Gasteiger partial charge in [0.25, 0.3) is 0 Å². The minimum absolute atomic E-state index is 0.0287. The predicted octanol–water partition coefficient (Wildman–Crippen LogP) is 7.05. The van der Waals surface area contributed by atoms with Gasteiger partial charge in [0.05, 0.1) is 17.8 Å². The van der Waals surface area contributed by atoms with E-state index in [1.54, 1.807) is 0 Å². The van der Waals surface area contributed by atoms with Crippen LogP contribution in [0, 0.1) is 27.7 Å². The summed E-state index contributed by atoms with van der Waals surface area (Å²) in [7, 11) is 0. The van der Waals surface area contributed by atoms with E-state index in [0.717, 1.165) is 26.7 Å². The lowest BCUT2D eigenvalue weighted by molar-refractivity contribution is 0.565. The fourth-order valence-corrected chi connectivity index (χ4v) is 5.72. The normalized spacial score (nSPS) is 17.8. The van der Waals surface area contributed by atoms with Gasteiger partial charge in [0.2, 0.25) is 0 Å². The quantitative estimate of drug-likeness (QED) is 0.286. The molecular weight excluding hydrogens is 504 g/mol. The molecule has 0 spiro atoms. The van der Waals surface area contributed by atoms with Crippen molar-refractivity contribution in [2.24, 2.45) is 0 Å².